The van der Waals surface area contributed by atoms with Crippen LogP contribution in [-0.2, 0) is 11.5 Å². The minimum absolute atomic E-state index is 0.528. The smallest absolute Gasteiger partial charge is 0.141 e. The van der Waals surface area contributed by atoms with Crippen molar-refractivity contribution in [1.29, 1.82) is 0 Å². The van der Waals surface area contributed by atoms with Crippen LogP contribution in [0, 0.1) is 0 Å². The number of hydrogen-bond acceptors (Lipinski definition) is 3. The summed E-state index contributed by atoms with van der Waals surface area (Å²) in [6.45, 7) is 3.18. The van der Waals surface area contributed by atoms with Crippen LogP contribution in [0.15, 0.2) is 12.5 Å². The van der Waals surface area contributed by atoms with Crippen molar-refractivity contribution >= 4 is 5.82 Å². The van der Waals surface area contributed by atoms with E-state index in [0.717, 1.165) is 0 Å². The molecular formula is C6H11N3O. The van der Waals surface area contributed by atoms with E-state index in [2.05, 4.69) is 4.98 Å². The maximum Gasteiger partial charge on any atom is 0.141 e. The molecule has 0 fully saturated rings. The van der Waals surface area contributed by atoms with Gasteiger partial charge in [-0.25, -0.2) is 4.98 Å². The molecule has 0 saturated heterocycles. The van der Waals surface area contributed by atoms with Crippen molar-refractivity contribution in [2.24, 2.45) is 0 Å². The molecule has 4 heteroatoms. The average molecular weight is 141 g/mol. The lowest BCUT2D eigenvalue weighted by molar-refractivity contribution is 0.0878. The third kappa shape index (κ3) is 1.73. The molecule has 0 radical (unpaired) electrons. The van der Waals surface area contributed by atoms with E-state index >= 15 is 0 Å². The van der Waals surface area contributed by atoms with E-state index in [0.29, 0.717) is 19.2 Å². The Kier molecular flexibility index (Phi) is 2.28. The van der Waals surface area contributed by atoms with Crippen molar-refractivity contribution in [3.63, 3.8) is 0 Å². The van der Waals surface area contributed by atoms with E-state index in [4.69, 9.17) is 10.5 Å². The van der Waals surface area contributed by atoms with Gasteiger partial charge in [-0.15, -0.1) is 0 Å². The molecule has 1 aromatic rings. The first-order valence-corrected chi connectivity index (χ1v) is 3.18. The summed E-state index contributed by atoms with van der Waals surface area (Å²) in [6.07, 6.45) is 3.38. The van der Waals surface area contributed by atoms with Gasteiger partial charge in [-0.05, 0) is 6.92 Å². The number of ether oxygens (including phenoxy) is 1. The van der Waals surface area contributed by atoms with Crippen molar-refractivity contribution < 1.29 is 4.74 Å². The zero-order valence-electron chi connectivity index (χ0n) is 5.95. The SMILES string of the molecule is CCOCn1cnc(N)c1. The summed E-state index contributed by atoms with van der Waals surface area (Å²) >= 11 is 0. The number of hydrogen-bond donors (Lipinski definition) is 1. The maximum absolute atomic E-state index is 5.36. The Morgan fingerprint density at radius 2 is 2.60 bits per heavy atom. The van der Waals surface area contributed by atoms with Crippen LogP contribution in [0.4, 0.5) is 5.82 Å². The summed E-state index contributed by atoms with van der Waals surface area (Å²) in [6, 6.07) is 0. The second kappa shape index (κ2) is 3.22. The van der Waals surface area contributed by atoms with Gasteiger partial charge < -0.3 is 15.0 Å². The zero-order valence-corrected chi connectivity index (χ0v) is 5.95. The molecular weight excluding hydrogens is 130 g/mol. The van der Waals surface area contributed by atoms with E-state index in [9.17, 15) is 0 Å². The van der Waals surface area contributed by atoms with Crippen molar-refractivity contribution in [2.75, 3.05) is 12.3 Å². The van der Waals surface area contributed by atoms with Crippen molar-refractivity contribution in [3.8, 4) is 0 Å². The molecule has 10 heavy (non-hydrogen) atoms. The summed E-state index contributed by atoms with van der Waals surface area (Å²) in [5.41, 5.74) is 5.36. The van der Waals surface area contributed by atoms with E-state index in [1.54, 1.807) is 17.1 Å². The highest BCUT2D eigenvalue weighted by Crippen LogP contribution is 1.95. The van der Waals surface area contributed by atoms with Crippen LogP contribution in [0.25, 0.3) is 0 Å². The molecule has 56 valence electrons. The monoisotopic (exact) mass is 141 g/mol. The van der Waals surface area contributed by atoms with Gasteiger partial charge in [0.1, 0.15) is 12.5 Å². The van der Waals surface area contributed by atoms with Crippen LogP contribution < -0.4 is 5.73 Å². The molecule has 0 aliphatic carbocycles. The van der Waals surface area contributed by atoms with E-state index in [1.807, 2.05) is 6.92 Å². The molecule has 0 aromatic carbocycles. The lowest BCUT2D eigenvalue weighted by Crippen LogP contribution is -1.98. The van der Waals surface area contributed by atoms with Gasteiger partial charge in [0.05, 0.1) is 6.33 Å². The average Bonchev–Trinajstić information content (AvgIpc) is 2.31. The van der Waals surface area contributed by atoms with E-state index in [1.165, 1.54) is 0 Å². The molecule has 0 aliphatic rings. The summed E-state index contributed by atoms with van der Waals surface area (Å²) in [7, 11) is 0. The number of nitrogens with two attached hydrogens (primary N) is 1. The maximum atomic E-state index is 5.36. The van der Waals surface area contributed by atoms with Gasteiger partial charge in [0, 0.05) is 12.8 Å². The fraction of sp³-hybridized carbons (Fsp3) is 0.500. The Labute approximate surface area is 59.6 Å². The molecule has 2 N–H and O–H groups in total. The first-order valence-electron chi connectivity index (χ1n) is 3.18. The molecule has 0 amide bonds. The molecule has 1 rings (SSSR count). The van der Waals surface area contributed by atoms with Gasteiger partial charge in [0.2, 0.25) is 0 Å². The molecule has 1 aromatic heterocycles. The Morgan fingerprint density at radius 1 is 1.80 bits per heavy atom. The molecule has 0 aliphatic heterocycles. The summed E-state index contributed by atoms with van der Waals surface area (Å²) in [5.74, 6) is 0.528. The van der Waals surface area contributed by atoms with Gasteiger partial charge in [-0.1, -0.05) is 0 Å². The number of nitrogen functional groups attached to an aromatic ring is 1. The predicted molar refractivity (Wildman–Crippen MR) is 38.3 cm³/mol. The van der Waals surface area contributed by atoms with Crippen LogP contribution in [0.3, 0.4) is 0 Å². The van der Waals surface area contributed by atoms with Gasteiger partial charge in [0.25, 0.3) is 0 Å². The van der Waals surface area contributed by atoms with Gasteiger partial charge in [-0.3, -0.25) is 0 Å². The fourth-order valence-corrected chi connectivity index (χ4v) is 0.645. The molecule has 0 spiro atoms. The number of imidazole rings is 1. The number of anilines is 1. The first kappa shape index (κ1) is 7.08. The second-order valence-corrected chi connectivity index (χ2v) is 1.93. The third-order valence-corrected chi connectivity index (χ3v) is 1.10. The molecule has 4 nitrogen and oxygen atoms in total. The predicted octanol–water partition coefficient (Wildman–Crippen LogP) is 0.459. The minimum atomic E-state index is 0.528. The Bertz CT molecular complexity index is 197. The standard InChI is InChI=1S/C6H11N3O/c1-2-10-5-9-3-6(7)8-4-9/h3-4H,2,5,7H2,1H3. The van der Waals surface area contributed by atoms with E-state index in [-0.39, 0.29) is 0 Å². The van der Waals surface area contributed by atoms with Crippen LogP contribution in [0.2, 0.25) is 0 Å². The lowest BCUT2D eigenvalue weighted by Gasteiger charge is -1.99. The molecule has 0 atom stereocenters. The highest BCUT2D eigenvalue weighted by Gasteiger charge is 1.90. The van der Waals surface area contributed by atoms with Gasteiger partial charge in [-0.2, -0.15) is 0 Å². The highest BCUT2D eigenvalue weighted by atomic mass is 16.5. The van der Waals surface area contributed by atoms with Gasteiger partial charge >= 0.3 is 0 Å². The lowest BCUT2D eigenvalue weighted by atomic mass is 10.8. The molecule has 0 unspecified atom stereocenters. The van der Waals surface area contributed by atoms with Crippen molar-refractivity contribution in [2.45, 2.75) is 13.7 Å². The quantitative estimate of drug-likeness (QED) is 0.665. The van der Waals surface area contributed by atoms with Crippen LogP contribution in [0.1, 0.15) is 6.92 Å². The van der Waals surface area contributed by atoms with Crippen LogP contribution in [0.5, 0.6) is 0 Å². The summed E-state index contributed by atoms with van der Waals surface area (Å²) < 4.78 is 6.89. The molecule has 0 bridgehead atoms. The van der Waals surface area contributed by atoms with Crippen LogP contribution >= 0.6 is 0 Å². The largest absolute Gasteiger partial charge is 0.382 e. The highest BCUT2D eigenvalue weighted by molar-refractivity contribution is 5.22. The zero-order chi connectivity index (χ0) is 7.40. The van der Waals surface area contributed by atoms with Crippen molar-refractivity contribution in [1.82, 2.24) is 9.55 Å². The topological polar surface area (TPSA) is 53.1 Å². The van der Waals surface area contributed by atoms with Crippen LogP contribution in [-0.4, -0.2) is 16.2 Å². The third-order valence-electron chi connectivity index (χ3n) is 1.10. The summed E-state index contributed by atoms with van der Waals surface area (Å²) in [4.78, 5) is 3.83. The number of rotatable bonds is 3. The number of nitrogens with zero attached hydrogens (tertiary/aromatic N) is 2. The molecule has 1 heterocycles. The summed E-state index contributed by atoms with van der Waals surface area (Å²) in [5, 5.41) is 0. The first-order chi connectivity index (χ1) is 4.83. The second-order valence-electron chi connectivity index (χ2n) is 1.93. The van der Waals surface area contributed by atoms with E-state index < -0.39 is 0 Å². The number of aromatic nitrogens is 2. The molecule has 0 saturated carbocycles. The Hall–Kier alpha value is -1.03. The van der Waals surface area contributed by atoms with Gasteiger partial charge in [0.15, 0.2) is 0 Å². The Balaban J connectivity index is 2.42. The Morgan fingerprint density at radius 3 is 3.10 bits per heavy atom. The van der Waals surface area contributed by atoms with Crippen molar-refractivity contribution in [3.05, 3.63) is 12.5 Å². The minimum Gasteiger partial charge on any atom is -0.382 e. The fourth-order valence-electron chi connectivity index (χ4n) is 0.645. The normalized spacial score (nSPS) is 10.1.